The number of nitrogens with zero attached hydrogens (tertiary/aromatic N) is 4. The Morgan fingerprint density at radius 2 is 1.77 bits per heavy atom. The van der Waals surface area contributed by atoms with Crippen LogP contribution in [-0.2, 0) is 19.1 Å². The highest BCUT2D eigenvalue weighted by atomic mass is 32.2. The van der Waals surface area contributed by atoms with Gasteiger partial charge < -0.3 is 21.1 Å². The molecule has 1 atom stereocenters. The molecule has 12 nitrogen and oxygen atoms in total. The van der Waals surface area contributed by atoms with E-state index in [0.29, 0.717) is 62.5 Å². The molecular weight excluding hydrogens is 603 g/mol. The molecule has 14 heteroatoms. The summed E-state index contributed by atoms with van der Waals surface area (Å²) in [5.74, 6) is -1.50. The summed E-state index contributed by atoms with van der Waals surface area (Å²) >= 11 is 2.39. The lowest BCUT2D eigenvalue weighted by molar-refractivity contribution is -0.116. The molecule has 44 heavy (non-hydrogen) atoms. The average Bonchev–Trinajstić information content (AvgIpc) is 3.48. The maximum atomic E-state index is 13.3. The number of hydrogen-bond acceptors (Lipinski definition) is 12. The van der Waals surface area contributed by atoms with Crippen molar-refractivity contribution >= 4 is 63.2 Å². The molecule has 1 aliphatic carbocycles. The SMILES string of the molecule is COC(=O)c1ccc(C2C(C#N)=C(N)N(c3nnc(SCC(=O)Nc4ccc(NC(C)=O)cc4)s3)C3=C2C(=O)CCC3)cc1. The smallest absolute Gasteiger partial charge is 0.337 e. The van der Waals surface area contributed by atoms with Gasteiger partial charge in [0.2, 0.25) is 16.9 Å². The van der Waals surface area contributed by atoms with Crippen LogP contribution in [0.5, 0.6) is 0 Å². The number of amides is 2. The van der Waals surface area contributed by atoms with Crippen LogP contribution in [0.25, 0.3) is 0 Å². The van der Waals surface area contributed by atoms with Gasteiger partial charge in [-0.05, 0) is 54.8 Å². The number of thioether (sulfide) groups is 1. The highest BCUT2D eigenvalue weighted by molar-refractivity contribution is 8.01. The molecule has 3 aromatic rings. The summed E-state index contributed by atoms with van der Waals surface area (Å²) in [6, 6.07) is 15.5. The molecule has 2 amide bonds. The predicted molar refractivity (Wildman–Crippen MR) is 166 cm³/mol. The Morgan fingerprint density at radius 3 is 2.41 bits per heavy atom. The second-order valence-corrected chi connectivity index (χ2v) is 12.1. The fourth-order valence-corrected chi connectivity index (χ4v) is 6.76. The van der Waals surface area contributed by atoms with Gasteiger partial charge in [-0.3, -0.25) is 19.3 Å². The molecule has 0 saturated heterocycles. The molecule has 4 N–H and O–H groups in total. The summed E-state index contributed by atoms with van der Waals surface area (Å²) in [7, 11) is 1.30. The monoisotopic (exact) mass is 629 g/mol. The first-order chi connectivity index (χ1) is 21.2. The van der Waals surface area contributed by atoms with Crippen LogP contribution in [0.2, 0.25) is 0 Å². The first kappa shape index (κ1) is 30.5. The first-order valence-corrected chi connectivity index (χ1v) is 15.3. The molecule has 2 heterocycles. The lowest BCUT2D eigenvalue weighted by Gasteiger charge is -2.38. The zero-order chi connectivity index (χ0) is 31.4. The van der Waals surface area contributed by atoms with Gasteiger partial charge in [-0.1, -0.05) is 35.2 Å². The van der Waals surface area contributed by atoms with E-state index >= 15 is 0 Å². The highest BCUT2D eigenvalue weighted by Gasteiger charge is 2.41. The largest absolute Gasteiger partial charge is 0.465 e. The maximum Gasteiger partial charge on any atom is 0.337 e. The zero-order valence-corrected chi connectivity index (χ0v) is 25.4. The van der Waals surface area contributed by atoms with Crippen LogP contribution in [0.1, 0.15) is 48.0 Å². The van der Waals surface area contributed by atoms with Crippen LogP contribution in [0.15, 0.2) is 75.5 Å². The fraction of sp³-hybridized carbons (Fsp3) is 0.233. The Hall–Kier alpha value is -5.00. The van der Waals surface area contributed by atoms with Gasteiger partial charge in [-0.2, -0.15) is 5.26 Å². The third-order valence-electron chi connectivity index (χ3n) is 6.98. The van der Waals surface area contributed by atoms with E-state index in [-0.39, 0.29) is 34.7 Å². The zero-order valence-electron chi connectivity index (χ0n) is 23.7. The lowest BCUT2D eigenvalue weighted by atomic mass is 9.75. The number of nitrogens with two attached hydrogens (primary N) is 1. The summed E-state index contributed by atoms with van der Waals surface area (Å²) in [6.45, 7) is 1.42. The van der Waals surface area contributed by atoms with E-state index < -0.39 is 11.9 Å². The minimum absolute atomic E-state index is 0.0624. The molecule has 0 bridgehead atoms. The molecule has 2 aromatic carbocycles. The normalized spacial score (nSPS) is 16.2. The minimum Gasteiger partial charge on any atom is -0.465 e. The molecule has 0 fully saturated rings. The van der Waals surface area contributed by atoms with Crippen molar-refractivity contribution < 1.29 is 23.9 Å². The van der Waals surface area contributed by atoms with Gasteiger partial charge in [0.25, 0.3) is 0 Å². The summed E-state index contributed by atoms with van der Waals surface area (Å²) in [6.07, 6.45) is 1.50. The van der Waals surface area contributed by atoms with E-state index in [4.69, 9.17) is 10.5 Å². The van der Waals surface area contributed by atoms with Crippen LogP contribution >= 0.6 is 23.1 Å². The minimum atomic E-state index is -0.691. The number of rotatable bonds is 8. The first-order valence-electron chi connectivity index (χ1n) is 13.5. The van der Waals surface area contributed by atoms with Gasteiger partial charge in [-0.15, -0.1) is 10.2 Å². The summed E-state index contributed by atoms with van der Waals surface area (Å²) in [4.78, 5) is 50.7. The maximum absolute atomic E-state index is 13.3. The van der Waals surface area contributed by atoms with Crippen molar-refractivity contribution in [1.29, 1.82) is 5.26 Å². The summed E-state index contributed by atoms with van der Waals surface area (Å²) in [5.41, 5.74) is 10.1. The van der Waals surface area contributed by atoms with Gasteiger partial charge in [0.15, 0.2) is 10.1 Å². The molecule has 0 saturated carbocycles. The van der Waals surface area contributed by atoms with Gasteiger partial charge in [0, 0.05) is 36.0 Å². The van der Waals surface area contributed by atoms with Gasteiger partial charge in [-0.25, -0.2) is 4.79 Å². The van der Waals surface area contributed by atoms with Gasteiger partial charge >= 0.3 is 5.97 Å². The number of ether oxygens (including phenoxy) is 1. The van der Waals surface area contributed by atoms with Crippen molar-refractivity contribution in [3.8, 4) is 6.07 Å². The molecule has 224 valence electrons. The van der Waals surface area contributed by atoms with Crippen molar-refractivity contribution in [3.05, 3.63) is 82.3 Å². The number of carbonyl (C=O) groups excluding carboxylic acids is 4. The van der Waals surface area contributed by atoms with Crippen molar-refractivity contribution in [3.63, 3.8) is 0 Å². The quantitative estimate of drug-likeness (QED) is 0.239. The van der Waals surface area contributed by atoms with E-state index in [9.17, 15) is 24.4 Å². The van der Waals surface area contributed by atoms with Crippen LogP contribution in [0, 0.1) is 11.3 Å². The van der Waals surface area contributed by atoms with Crippen LogP contribution in [0.4, 0.5) is 16.5 Å². The number of nitriles is 1. The summed E-state index contributed by atoms with van der Waals surface area (Å²) in [5, 5.41) is 24.6. The molecule has 0 spiro atoms. The van der Waals surface area contributed by atoms with Crippen molar-refractivity contribution in [1.82, 2.24) is 10.2 Å². The molecule has 1 aromatic heterocycles. The van der Waals surface area contributed by atoms with E-state index in [1.54, 1.807) is 53.4 Å². The van der Waals surface area contributed by atoms with E-state index in [1.165, 1.54) is 37.1 Å². The number of anilines is 3. The van der Waals surface area contributed by atoms with E-state index in [1.807, 2.05) is 0 Å². The van der Waals surface area contributed by atoms with Gasteiger partial charge in [0.05, 0.1) is 36.0 Å². The van der Waals surface area contributed by atoms with E-state index in [2.05, 4.69) is 26.9 Å². The van der Waals surface area contributed by atoms with Crippen molar-refractivity contribution in [2.45, 2.75) is 36.4 Å². The van der Waals surface area contributed by atoms with Gasteiger partial charge in [0.1, 0.15) is 5.82 Å². The number of ketones is 1. The molecule has 0 radical (unpaired) electrons. The highest BCUT2D eigenvalue weighted by Crippen LogP contribution is 2.47. The molecule has 1 unspecified atom stereocenters. The fourth-order valence-electron chi connectivity index (χ4n) is 5.08. The third kappa shape index (κ3) is 6.34. The van der Waals surface area contributed by atoms with Crippen molar-refractivity contribution in [2.75, 3.05) is 28.4 Å². The van der Waals surface area contributed by atoms with Crippen LogP contribution < -0.4 is 21.3 Å². The standard InChI is InChI=1S/C30H27N7O5S2/c1-16(38)33-19-10-12-20(13-11-19)34-24(40)15-43-30-36-35-29(44-30)37-22-4-3-5-23(39)26(22)25(21(14-31)27(37)32)17-6-8-18(9-7-17)28(41)42-2/h6-13,25H,3-5,15,32H2,1-2H3,(H,33,38)(H,34,40). The Kier molecular flexibility index (Phi) is 9.07. The number of esters is 1. The second kappa shape index (κ2) is 13.1. The number of allylic oxidation sites excluding steroid dienone is 3. The number of nitrogens with one attached hydrogen (secondary N) is 2. The van der Waals surface area contributed by atoms with E-state index in [0.717, 1.165) is 0 Å². The number of Topliss-reactive ketones (excluding diaryl/α,β-unsaturated/α-hetero) is 1. The second-order valence-electron chi connectivity index (χ2n) is 9.88. The molecule has 1 aliphatic heterocycles. The van der Waals surface area contributed by atoms with Crippen molar-refractivity contribution in [2.24, 2.45) is 5.73 Å². The van der Waals surface area contributed by atoms with Crippen LogP contribution in [-0.4, -0.2) is 46.6 Å². The summed E-state index contributed by atoms with van der Waals surface area (Å²) < 4.78 is 5.29. The Bertz CT molecular complexity index is 1740. The third-order valence-corrected chi connectivity index (χ3v) is 9.02. The molecular formula is C30H27N7O5S2. The molecule has 5 rings (SSSR count). The number of methoxy groups -OCH3 is 1. The molecule has 2 aliphatic rings. The van der Waals surface area contributed by atoms with Crippen LogP contribution in [0.3, 0.4) is 0 Å². The number of aromatic nitrogens is 2. The predicted octanol–water partition coefficient (Wildman–Crippen LogP) is 4.32. The lowest BCUT2D eigenvalue weighted by Crippen LogP contribution is -2.38. The Labute approximate surface area is 261 Å². The Balaban J connectivity index is 1.36. The Morgan fingerprint density at radius 1 is 1.09 bits per heavy atom. The topological polar surface area (TPSA) is 180 Å². The number of carbonyl (C=O) groups is 4. The number of hydrogen-bond donors (Lipinski definition) is 3. The average molecular weight is 630 g/mol. The number of benzene rings is 2.